The Balaban J connectivity index is 2.43. The molecule has 0 aliphatic carbocycles. The van der Waals surface area contributed by atoms with Crippen LogP contribution in [0.5, 0.6) is 0 Å². The van der Waals surface area contributed by atoms with Gasteiger partial charge < -0.3 is 5.73 Å². The molecule has 2 aromatic rings. The maximum atomic E-state index is 13.8. The lowest BCUT2D eigenvalue weighted by Gasteiger charge is -2.11. The van der Waals surface area contributed by atoms with Crippen molar-refractivity contribution in [1.29, 1.82) is 5.26 Å². The zero-order chi connectivity index (χ0) is 15.6. The molecule has 7 heteroatoms. The number of nitriles is 1. The average molecular weight is 305 g/mol. The Bertz CT molecular complexity index is 842. The van der Waals surface area contributed by atoms with Gasteiger partial charge in [-0.15, -0.1) is 0 Å². The van der Waals surface area contributed by atoms with Gasteiger partial charge in [0.15, 0.2) is 0 Å². The first-order valence-corrected chi connectivity index (χ1v) is 7.40. The first-order valence-electron chi connectivity index (χ1n) is 5.92. The Hall–Kier alpha value is -2.59. The summed E-state index contributed by atoms with van der Waals surface area (Å²) in [6.45, 7) is 1.58. The summed E-state index contributed by atoms with van der Waals surface area (Å²) in [7, 11) is -4.12. The zero-order valence-electron chi connectivity index (χ0n) is 11.1. The molecule has 0 amide bonds. The predicted molar refractivity (Wildman–Crippen MR) is 77.5 cm³/mol. The number of aryl methyl sites for hydroxylation is 1. The SMILES string of the molecule is Cc1cc(F)c(S(=O)(=O)Nc2cccc(C#N)c2)cc1N. The molecule has 5 nitrogen and oxygen atoms in total. The van der Waals surface area contributed by atoms with E-state index < -0.39 is 20.7 Å². The summed E-state index contributed by atoms with van der Waals surface area (Å²) >= 11 is 0. The summed E-state index contributed by atoms with van der Waals surface area (Å²) in [5, 5.41) is 8.78. The van der Waals surface area contributed by atoms with Gasteiger partial charge in [0.25, 0.3) is 10.0 Å². The molecule has 0 radical (unpaired) electrons. The first kappa shape index (κ1) is 14.8. The number of hydrogen-bond acceptors (Lipinski definition) is 4. The Morgan fingerprint density at radius 3 is 2.67 bits per heavy atom. The molecule has 3 N–H and O–H groups in total. The van der Waals surface area contributed by atoms with E-state index in [-0.39, 0.29) is 11.4 Å². The van der Waals surface area contributed by atoms with Crippen molar-refractivity contribution in [2.24, 2.45) is 0 Å². The summed E-state index contributed by atoms with van der Waals surface area (Å²) in [6, 6.07) is 9.90. The molecule has 108 valence electrons. The number of rotatable bonds is 3. The Morgan fingerprint density at radius 2 is 2.00 bits per heavy atom. The minimum absolute atomic E-state index is 0.174. The number of hydrogen-bond donors (Lipinski definition) is 2. The van der Waals surface area contributed by atoms with Crippen molar-refractivity contribution in [3.63, 3.8) is 0 Å². The van der Waals surface area contributed by atoms with Crippen molar-refractivity contribution in [3.05, 3.63) is 53.3 Å². The molecule has 0 heterocycles. The van der Waals surface area contributed by atoms with Crippen LogP contribution in [-0.4, -0.2) is 8.42 Å². The van der Waals surface area contributed by atoms with Crippen molar-refractivity contribution in [2.45, 2.75) is 11.8 Å². The van der Waals surface area contributed by atoms with Crippen LogP contribution in [-0.2, 0) is 10.0 Å². The van der Waals surface area contributed by atoms with E-state index >= 15 is 0 Å². The van der Waals surface area contributed by atoms with Crippen LogP contribution >= 0.6 is 0 Å². The van der Waals surface area contributed by atoms with Crippen LogP contribution < -0.4 is 10.5 Å². The molecule has 2 aromatic carbocycles. The van der Waals surface area contributed by atoms with E-state index in [1.54, 1.807) is 6.92 Å². The van der Waals surface area contributed by atoms with Gasteiger partial charge in [-0.1, -0.05) is 6.07 Å². The quantitative estimate of drug-likeness (QED) is 0.851. The highest BCUT2D eigenvalue weighted by molar-refractivity contribution is 7.92. The number of nitrogens with one attached hydrogen (secondary N) is 1. The van der Waals surface area contributed by atoms with Crippen LogP contribution in [0.3, 0.4) is 0 Å². The van der Waals surface area contributed by atoms with Gasteiger partial charge in [-0.25, -0.2) is 12.8 Å². The van der Waals surface area contributed by atoms with Crippen LogP contribution in [0, 0.1) is 24.1 Å². The van der Waals surface area contributed by atoms with Crippen LogP contribution in [0.2, 0.25) is 0 Å². The highest BCUT2D eigenvalue weighted by Gasteiger charge is 2.20. The van der Waals surface area contributed by atoms with Gasteiger partial charge in [0.2, 0.25) is 0 Å². The van der Waals surface area contributed by atoms with E-state index in [1.165, 1.54) is 24.3 Å². The number of anilines is 2. The Labute approximate surface area is 121 Å². The molecule has 21 heavy (non-hydrogen) atoms. The first-order chi connectivity index (χ1) is 9.83. The molecule has 0 saturated carbocycles. The maximum Gasteiger partial charge on any atom is 0.264 e. The lowest BCUT2D eigenvalue weighted by atomic mass is 10.2. The van der Waals surface area contributed by atoms with E-state index in [1.807, 2.05) is 6.07 Å². The molecule has 0 aliphatic rings. The number of halogens is 1. The molecule has 0 saturated heterocycles. The third kappa shape index (κ3) is 3.12. The van der Waals surface area contributed by atoms with E-state index in [0.29, 0.717) is 11.1 Å². The highest BCUT2D eigenvalue weighted by Crippen LogP contribution is 2.24. The summed E-state index contributed by atoms with van der Waals surface area (Å²) in [5.74, 6) is -0.884. The summed E-state index contributed by atoms with van der Waals surface area (Å²) in [6.07, 6.45) is 0. The molecule has 2 rings (SSSR count). The summed E-state index contributed by atoms with van der Waals surface area (Å²) in [5.41, 5.74) is 6.73. The normalized spacial score (nSPS) is 10.9. The fraction of sp³-hybridized carbons (Fsp3) is 0.0714. The molecule has 0 spiro atoms. The van der Waals surface area contributed by atoms with Crippen molar-refractivity contribution in [3.8, 4) is 6.07 Å². The predicted octanol–water partition coefficient (Wildman–Crippen LogP) is 2.39. The van der Waals surface area contributed by atoms with Crippen LogP contribution in [0.25, 0.3) is 0 Å². The maximum absolute atomic E-state index is 13.8. The second kappa shape index (κ2) is 5.42. The monoisotopic (exact) mass is 305 g/mol. The van der Waals surface area contributed by atoms with Crippen LogP contribution in [0.15, 0.2) is 41.3 Å². The Kier molecular flexibility index (Phi) is 3.82. The molecule has 0 bridgehead atoms. The smallest absolute Gasteiger partial charge is 0.264 e. The van der Waals surface area contributed by atoms with Crippen molar-refractivity contribution >= 4 is 21.4 Å². The average Bonchev–Trinajstić information content (AvgIpc) is 2.42. The van der Waals surface area contributed by atoms with Gasteiger partial charge in [0.1, 0.15) is 10.7 Å². The third-order valence-corrected chi connectivity index (χ3v) is 4.25. The summed E-state index contributed by atoms with van der Waals surface area (Å²) in [4.78, 5) is -0.534. The van der Waals surface area contributed by atoms with Crippen molar-refractivity contribution < 1.29 is 12.8 Å². The van der Waals surface area contributed by atoms with Gasteiger partial charge in [0, 0.05) is 5.69 Å². The Morgan fingerprint density at radius 1 is 1.29 bits per heavy atom. The van der Waals surface area contributed by atoms with Gasteiger partial charge in [-0.2, -0.15) is 5.26 Å². The number of nitrogens with two attached hydrogens (primary N) is 1. The minimum Gasteiger partial charge on any atom is -0.398 e. The topological polar surface area (TPSA) is 96.0 Å². The van der Waals surface area contributed by atoms with E-state index in [9.17, 15) is 12.8 Å². The van der Waals surface area contributed by atoms with E-state index in [0.717, 1.165) is 12.1 Å². The molecule has 0 unspecified atom stereocenters. The standard InChI is InChI=1S/C14H12FN3O2S/c1-9-5-12(15)14(7-13(9)17)21(19,20)18-11-4-2-3-10(6-11)8-16/h2-7,18H,17H2,1H3. The lowest BCUT2D eigenvalue weighted by molar-refractivity contribution is 0.570. The largest absolute Gasteiger partial charge is 0.398 e. The number of nitrogen functional groups attached to an aromatic ring is 1. The van der Waals surface area contributed by atoms with Gasteiger partial charge in [0.05, 0.1) is 17.3 Å². The van der Waals surface area contributed by atoms with Crippen LogP contribution in [0.1, 0.15) is 11.1 Å². The number of nitrogens with zero attached hydrogens (tertiary/aromatic N) is 1. The third-order valence-electron chi connectivity index (χ3n) is 2.85. The number of sulfonamides is 1. The van der Waals surface area contributed by atoms with Gasteiger partial charge >= 0.3 is 0 Å². The van der Waals surface area contributed by atoms with E-state index in [4.69, 9.17) is 11.0 Å². The van der Waals surface area contributed by atoms with E-state index in [2.05, 4.69) is 4.72 Å². The lowest BCUT2D eigenvalue weighted by Crippen LogP contribution is -2.15. The summed E-state index contributed by atoms with van der Waals surface area (Å²) < 4.78 is 40.5. The second-order valence-corrected chi connectivity index (χ2v) is 6.09. The molecule has 0 aliphatic heterocycles. The van der Waals surface area contributed by atoms with Gasteiger partial charge in [-0.3, -0.25) is 4.72 Å². The molecule has 0 aromatic heterocycles. The minimum atomic E-state index is -4.12. The molecular weight excluding hydrogens is 293 g/mol. The molecule has 0 atom stereocenters. The van der Waals surface area contributed by atoms with Crippen LogP contribution in [0.4, 0.5) is 15.8 Å². The number of benzene rings is 2. The van der Waals surface area contributed by atoms with Crippen molar-refractivity contribution in [1.82, 2.24) is 0 Å². The fourth-order valence-corrected chi connectivity index (χ4v) is 2.88. The van der Waals surface area contributed by atoms with Gasteiger partial charge in [-0.05, 0) is 42.8 Å². The second-order valence-electron chi connectivity index (χ2n) is 4.44. The molecular formula is C14H12FN3O2S. The molecule has 0 fully saturated rings. The zero-order valence-corrected chi connectivity index (χ0v) is 11.9. The fourth-order valence-electron chi connectivity index (χ4n) is 1.74. The highest BCUT2D eigenvalue weighted by atomic mass is 32.2. The van der Waals surface area contributed by atoms with Crippen molar-refractivity contribution in [2.75, 3.05) is 10.5 Å².